The molecule has 0 spiro atoms. The zero-order valence-electron chi connectivity index (χ0n) is 12.2. The Bertz CT molecular complexity index is 623. The lowest BCUT2D eigenvalue weighted by atomic mass is 10.2. The van der Waals surface area contributed by atoms with Crippen LogP contribution in [0.1, 0.15) is 12.0 Å². The first-order valence-electron chi connectivity index (χ1n) is 7.13. The predicted octanol–water partition coefficient (Wildman–Crippen LogP) is 1.29. The first-order chi connectivity index (χ1) is 10.6. The Hall–Kier alpha value is -2.57. The van der Waals surface area contributed by atoms with Crippen LogP contribution in [0.3, 0.4) is 0 Å². The van der Waals surface area contributed by atoms with Crippen LogP contribution in [0.25, 0.3) is 0 Å². The number of ether oxygens (including phenoxy) is 1. The standard InChI is InChI=1S/C15H16N4O3/c1-10-2-5-14(16-8-10)22-11-6-7-19(9-11)15(21)12-3-4-13(20)18-17-12/h2-5,8,11-12H,6-7,9H2,1H3. The van der Waals surface area contributed by atoms with Crippen LogP contribution >= 0.6 is 0 Å². The molecule has 22 heavy (non-hydrogen) atoms. The van der Waals surface area contributed by atoms with Gasteiger partial charge >= 0.3 is 0 Å². The summed E-state index contributed by atoms with van der Waals surface area (Å²) in [5.41, 5.74) is 1.07. The monoisotopic (exact) mass is 300 g/mol. The van der Waals surface area contributed by atoms with Crippen LogP contribution in [0.5, 0.6) is 5.88 Å². The fourth-order valence-corrected chi connectivity index (χ4v) is 2.40. The van der Waals surface area contributed by atoms with Crippen molar-refractivity contribution >= 4 is 11.8 Å². The molecule has 3 rings (SSSR count). The van der Waals surface area contributed by atoms with Crippen molar-refractivity contribution in [3.63, 3.8) is 0 Å². The van der Waals surface area contributed by atoms with Crippen LogP contribution in [-0.4, -0.2) is 46.9 Å². The van der Waals surface area contributed by atoms with Crippen molar-refractivity contribution in [2.45, 2.75) is 25.5 Å². The van der Waals surface area contributed by atoms with Crippen LogP contribution in [0.2, 0.25) is 0 Å². The largest absolute Gasteiger partial charge is 0.472 e. The van der Waals surface area contributed by atoms with Crippen molar-refractivity contribution in [1.82, 2.24) is 9.88 Å². The van der Waals surface area contributed by atoms with Gasteiger partial charge in [-0.25, -0.2) is 4.98 Å². The Labute approximate surface area is 127 Å². The van der Waals surface area contributed by atoms with Gasteiger partial charge in [-0.2, -0.15) is 5.11 Å². The Balaban J connectivity index is 1.57. The lowest BCUT2D eigenvalue weighted by molar-refractivity contribution is -0.130. The molecule has 0 aromatic carbocycles. The Morgan fingerprint density at radius 2 is 2.27 bits per heavy atom. The Morgan fingerprint density at radius 3 is 2.95 bits per heavy atom. The van der Waals surface area contributed by atoms with E-state index in [1.807, 2.05) is 19.1 Å². The third kappa shape index (κ3) is 3.19. The molecule has 2 amide bonds. The van der Waals surface area contributed by atoms with E-state index in [9.17, 15) is 9.59 Å². The SMILES string of the molecule is Cc1ccc(OC2CCN(C(=O)C3C=CC(=O)N=N3)C2)nc1. The van der Waals surface area contributed by atoms with E-state index < -0.39 is 11.9 Å². The Kier molecular flexibility index (Phi) is 3.95. The molecule has 114 valence electrons. The smallest absolute Gasteiger partial charge is 0.287 e. The molecule has 2 aliphatic rings. The van der Waals surface area contributed by atoms with Gasteiger partial charge in [-0.15, -0.1) is 5.11 Å². The first-order valence-corrected chi connectivity index (χ1v) is 7.13. The van der Waals surface area contributed by atoms with Gasteiger partial charge in [0.1, 0.15) is 6.10 Å². The van der Waals surface area contributed by atoms with E-state index in [0.29, 0.717) is 19.0 Å². The molecule has 7 nitrogen and oxygen atoms in total. The van der Waals surface area contributed by atoms with Gasteiger partial charge in [0.2, 0.25) is 5.88 Å². The number of aromatic nitrogens is 1. The maximum absolute atomic E-state index is 12.3. The normalized spacial score (nSPS) is 23.9. The number of likely N-dealkylation sites (tertiary alicyclic amines) is 1. The number of pyridine rings is 1. The van der Waals surface area contributed by atoms with Crippen LogP contribution in [0.15, 0.2) is 40.7 Å². The first kappa shape index (κ1) is 14.4. The van der Waals surface area contributed by atoms with Gasteiger partial charge in [0, 0.05) is 31.3 Å². The molecule has 7 heteroatoms. The number of amides is 2. The van der Waals surface area contributed by atoms with E-state index in [-0.39, 0.29) is 12.0 Å². The highest BCUT2D eigenvalue weighted by Gasteiger charge is 2.32. The highest BCUT2D eigenvalue weighted by atomic mass is 16.5. The summed E-state index contributed by atoms with van der Waals surface area (Å²) in [5, 5.41) is 7.13. The molecule has 1 fully saturated rings. The molecule has 1 saturated heterocycles. The second kappa shape index (κ2) is 6.05. The molecule has 0 aliphatic carbocycles. The Morgan fingerprint density at radius 1 is 1.41 bits per heavy atom. The van der Waals surface area contributed by atoms with Crippen molar-refractivity contribution in [2.75, 3.05) is 13.1 Å². The van der Waals surface area contributed by atoms with E-state index in [1.54, 1.807) is 11.1 Å². The minimum Gasteiger partial charge on any atom is -0.472 e. The highest BCUT2D eigenvalue weighted by molar-refractivity contribution is 5.92. The molecule has 0 saturated carbocycles. The lowest BCUT2D eigenvalue weighted by Gasteiger charge is -2.19. The van der Waals surface area contributed by atoms with Gasteiger partial charge < -0.3 is 9.64 Å². The second-order valence-electron chi connectivity index (χ2n) is 5.34. The molecule has 0 radical (unpaired) electrons. The molecule has 2 unspecified atom stereocenters. The summed E-state index contributed by atoms with van der Waals surface area (Å²) < 4.78 is 5.78. The van der Waals surface area contributed by atoms with Crippen molar-refractivity contribution in [2.24, 2.45) is 10.2 Å². The van der Waals surface area contributed by atoms with Crippen molar-refractivity contribution in [1.29, 1.82) is 0 Å². The summed E-state index contributed by atoms with van der Waals surface area (Å²) in [4.78, 5) is 29.1. The molecule has 0 N–H and O–H groups in total. The quantitative estimate of drug-likeness (QED) is 0.842. The number of aryl methyl sites for hydroxylation is 1. The van der Waals surface area contributed by atoms with Gasteiger partial charge in [0.15, 0.2) is 6.04 Å². The summed E-state index contributed by atoms with van der Waals surface area (Å²) >= 11 is 0. The third-order valence-electron chi connectivity index (χ3n) is 3.58. The summed E-state index contributed by atoms with van der Waals surface area (Å²) in [7, 11) is 0. The second-order valence-corrected chi connectivity index (χ2v) is 5.34. The topological polar surface area (TPSA) is 84.2 Å². The summed E-state index contributed by atoms with van der Waals surface area (Å²) in [6.07, 6.45) is 5.17. The van der Waals surface area contributed by atoms with Crippen LogP contribution in [0, 0.1) is 6.92 Å². The summed E-state index contributed by atoms with van der Waals surface area (Å²) in [6, 6.07) is 3.06. The van der Waals surface area contributed by atoms with E-state index in [2.05, 4.69) is 15.2 Å². The lowest BCUT2D eigenvalue weighted by Crippen LogP contribution is -2.37. The van der Waals surface area contributed by atoms with Crippen LogP contribution in [0.4, 0.5) is 0 Å². The molecule has 2 atom stereocenters. The number of azo groups is 1. The number of rotatable bonds is 3. The number of hydrogen-bond donors (Lipinski definition) is 0. The van der Waals surface area contributed by atoms with E-state index in [4.69, 9.17) is 4.74 Å². The van der Waals surface area contributed by atoms with E-state index in [1.165, 1.54) is 12.2 Å². The van der Waals surface area contributed by atoms with Gasteiger partial charge in [-0.1, -0.05) is 6.07 Å². The maximum Gasteiger partial charge on any atom is 0.287 e. The predicted molar refractivity (Wildman–Crippen MR) is 77.4 cm³/mol. The fourth-order valence-electron chi connectivity index (χ4n) is 2.40. The minimum absolute atomic E-state index is 0.0784. The average molecular weight is 300 g/mol. The molecular formula is C15H16N4O3. The van der Waals surface area contributed by atoms with Crippen LogP contribution < -0.4 is 4.74 Å². The van der Waals surface area contributed by atoms with Crippen LogP contribution in [-0.2, 0) is 9.59 Å². The molecule has 0 bridgehead atoms. The maximum atomic E-state index is 12.3. The number of carbonyl (C=O) groups is 2. The zero-order valence-corrected chi connectivity index (χ0v) is 12.2. The molecule has 2 aliphatic heterocycles. The molecule has 3 heterocycles. The zero-order chi connectivity index (χ0) is 15.5. The van der Waals surface area contributed by atoms with E-state index >= 15 is 0 Å². The minimum atomic E-state index is -0.700. The molecule has 1 aromatic heterocycles. The number of nitrogens with zero attached hydrogens (tertiary/aromatic N) is 4. The van der Waals surface area contributed by atoms with Gasteiger partial charge in [0.25, 0.3) is 11.8 Å². The third-order valence-corrected chi connectivity index (χ3v) is 3.58. The van der Waals surface area contributed by atoms with E-state index in [0.717, 1.165) is 12.0 Å². The molecule has 1 aromatic rings. The number of hydrogen-bond acceptors (Lipinski definition) is 5. The van der Waals surface area contributed by atoms with Crippen molar-refractivity contribution in [3.8, 4) is 5.88 Å². The summed E-state index contributed by atoms with van der Waals surface area (Å²) in [5.74, 6) is -0.0275. The number of carbonyl (C=O) groups excluding carboxylic acids is 2. The summed E-state index contributed by atoms with van der Waals surface area (Å²) in [6.45, 7) is 3.05. The van der Waals surface area contributed by atoms with Gasteiger partial charge in [-0.3, -0.25) is 9.59 Å². The average Bonchev–Trinajstić information content (AvgIpc) is 2.98. The van der Waals surface area contributed by atoms with Gasteiger partial charge in [-0.05, 0) is 18.6 Å². The molecular weight excluding hydrogens is 284 g/mol. The van der Waals surface area contributed by atoms with Gasteiger partial charge in [0.05, 0.1) is 6.54 Å². The van der Waals surface area contributed by atoms with Crippen molar-refractivity contribution in [3.05, 3.63) is 36.0 Å². The van der Waals surface area contributed by atoms with Crippen molar-refractivity contribution < 1.29 is 14.3 Å². The highest BCUT2D eigenvalue weighted by Crippen LogP contribution is 2.19. The fraction of sp³-hybridized carbons (Fsp3) is 0.400.